The highest BCUT2D eigenvalue weighted by atomic mass is 16.2. The number of piperidine rings is 1. The Morgan fingerprint density at radius 1 is 1.18 bits per heavy atom. The summed E-state index contributed by atoms with van der Waals surface area (Å²) in [5.41, 5.74) is 1.81. The van der Waals surface area contributed by atoms with Crippen molar-refractivity contribution in [2.45, 2.75) is 65.3 Å². The first kappa shape index (κ1) is 15.6. The van der Waals surface area contributed by atoms with Crippen molar-refractivity contribution < 1.29 is 4.79 Å². The average molecular weight is 303 g/mol. The quantitative estimate of drug-likeness (QED) is 0.836. The molecule has 2 atom stereocenters. The van der Waals surface area contributed by atoms with Crippen LogP contribution in [0.25, 0.3) is 0 Å². The number of nitrogens with zero attached hydrogens (tertiary/aromatic N) is 3. The molecule has 0 radical (unpaired) electrons. The van der Waals surface area contributed by atoms with Crippen molar-refractivity contribution in [3.8, 4) is 0 Å². The van der Waals surface area contributed by atoms with Gasteiger partial charge in [-0.15, -0.1) is 0 Å². The molecule has 0 bridgehead atoms. The van der Waals surface area contributed by atoms with Gasteiger partial charge in [0.15, 0.2) is 5.69 Å². The lowest BCUT2D eigenvalue weighted by molar-refractivity contribution is 0.0615. The van der Waals surface area contributed by atoms with Gasteiger partial charge >= 0.3 is 0 Å². The highest BCUT2D eigenvalue weighted by molar-refractivity contribution is 5.92. The van der Waals surface area contributed by atoms with Gasteiger partial charge in [-0.1, -0.05) is 13.8 Å². The summed E-state index contributed by atoms with van der Waals surface area (Å²) in [4.78, 5) is 14.9. The summed E-state index contributed by atoms with van der Waals surface area (Å²) in [6.45, 7) is 12.7. The molecule has 0 unspecified atom stereocenters. The molecule has 1 aromatic heterocycles. The Balaban J connectivity index is 1.86. The Bertz CT molecular complexity index is 555. The van der Waals surface area contributed by atoms with Crippen molar-refractivity contribution in [1.82, 2.24) is 14.7 Å². The Kier molecular flexibility index (Phi) is 3.82. The number of carbonyl (C=O) groups is 1. The van der Waals surface area contributed by atoms with Crippen LogP contribution in [0.15, 0.2) is 6.07 Å². The second-order valence-electron chi connectivity index (χ2n) is 8.47. The molecule has 1 aliphatic carbocycles. The average Bonchev–Trinajstić information content (AvgIpc) is 3.14. The molecule has 1 aliphatic heterocycles. The molecular weight excluding hydrogens is 274 g/mol. The van der Waals surface area contributed by atoms with Gasteiger partial charge in [-0.2, -0.15) is 5.10 Å². The van der Waals surface area contributed by atoms with Gasteiger partial charge in [0.25, 0.3) is 5.91 Å². The van der Waals surface area contributed by atoms with Gasteiger partial charge in [0.05, 0.1) is 5.54 Å². The van der Waals surface area contributed by atoms with Crippen molar-refractivity contribution in [3.05, 3.63) is 17.5 Å². The molecule has 2 fully saturated rings. The highest BCUT2D eigenvalue weighted by Crippen LogP contribution is 2.42. The number of hydrogen-bond acceptors (Lipinski definition) is 2. The van der Waals surface area contributed by atoms with Crippen LogP contribution >= 0.6 is 0 Å². The zero-order chi connectivity index (χ0) is 16.1. The van der Waals surface area contributed by atoms with Crippen LogP contribution in [0.2, 0.25) is 0 Å². The molecule has 2 aliphatic rings. The maximum absolute atomic E-state index is 12.9. The second kappa shape index (κ2) is 5.39. The SMILES string of the molecule is C[C@@H]1C[C@@H](C)CN(C(=O)c2cc(C3CC3)n(C(C)(C)C)n2)C1. The summed E-state index contributed by atoms with van der Waals surface area (Å²) < 4.78 is 2.08. The van der Waals surface area contributed by atoms with Crippen molar-refractivity contribution in [2.24, 2.45) is 11.8 Å². The molecular formula is C18H29N3O. The lowest BCUT2D eigenvalue weighted by atomic mass is 9.92. The van der Waals surface area contributed by atoms with E-state index in [1.54, 1.807) is 0 Å². The van der Waals surface area contributed by atoms with Crippen LogP contribution in [-0.2, 0) is 5.54 Å². The number of aromatic nitrogens is 2. The van der Waals surface area contributed by atoms with Gasteiger partial charge < -0.3 is 4.90 Å². The van der Waals surface area contributed by atoms with Crippen molar-refractivity contribution in [3.63, 3.8) is 0 Å². The van der Waals surface area contributed by atoms with E-state index in [1.807, 2.05) is 4.90 Å². The van der Waals surface area contributed by atoms with E-state index in [0.29, 0.717) is 23.4 Å². The fraction of sp³-hybridized carbons (Fsp3) is 0.778. The number of amides is 1. The van der Waals surface area contributed by atoms with Crippen LogP contribution in [0.4, 0.5) is 0 Å². The topological polar surface area (TPSA) is 38.1 Å². The summed E-state index contributed by atoms with van der Waals surface area (Å²) in [5, 5.41) is 4.69. The molecule has 4 heteroatoms. The van der Waals surface area contributed by atoms with Gasteiger partial charge in [0.1, 0.15) is 0 Å². The van der Waals surface area contributed by atoms with E-state index < -0.39 is 0 Å². The monoisotopic (exact) mass is 303 g/mol. The number of rotatable bonds is 2. The first-order valence-corrected chi connectivity index (χ1v) is 8.65. The minimum Gasteiger partial charge on any atom is -0.337 e. The summed E-state index contributed by atoms with van der Waals surface area (Å²) in [7, 11) is 0. The fourth-order valence-electron chi connectivity index (χ4n) is 3.70. The van der Waals surface area contributed by atoms with Crippen LogP contribution in [0.1, 0.15) is 76.0 Å². The number of likely N-dealkylation sites (tertiary alicyclic amines) is 1. The van der Waals surface area contributed by atoms with E-state index in [9.17, 15) is 4.79 Å². The molecule has 2 heterocycles. The maximum Gasteiger partial charge on any atom is 0.274 e. The molecule has 1 amide bonds. The van der Waals surface area contributed by atoms with Crippen LogP contribution in [-0.4, -0.2) is 33.7 Å². The molecule has 3 rings (SSSR count). The van der Waals surface area contributed by atoms with Crippen LogP contribution in [0.5, 0.6) is 0 Å². The van der Waals surface area contributed by atoms with Crippen molar-refractivity contribution in [1.29, 1.82) is 0 Å². The summed E-state index contributed by atoms with van der Waals surface area (Å²) >= 11 is 0. The van der Waals surface area contributed by atoms with Crippen molar-refractivity contribution in [2.75, 3.05) is 13.1 Å². The summed E-state index contributed by atoms with van der Waals surface area (Å²) in [5.74, 6) is 1.89. The predicted molar refractivity (Wildman–Crippen MR) is 88.0 cm³/mol. The molecule has 22 heavy (non-hydrogen) atoms. The molecule has 1 aromatic rings. The number of carbonyl (C=O) groups excluding carboxylic acids is 1. The Hall–Kier alpha value is -1.32. The minimum atomic E-state index is -0.0705. The molecule has 0 aromatic carbocycles. The molecule has 122 valence electrons. The van der Waals surface area contributed by atoms with Gasteiger partial charge in [-0.05, 0) is 57.9 Å². The lowest BCUT2D eigenvalue weighted by Crippen LogP contribution is -2.42. The van der Waals surface area contributed by atoms with Gasteiger partial charge in [-0.25, -0.2) is 0 Å². The van der Waals surface area contributed by atoms with Gasteiger partial charge in [-0.3, -0.25) is 9.48 Å². The van der Waals surface area contributed by atoms with E-state index in [0.717, 1.165) is 13.1 Å². The largest absolute Gasteiger partial charge is 0.337 e. The third-order valence-corrected chi connectivity index (χ3v) is 4.74. The Morgan fingerprint density at radius 2 is 1.77 bits per heavy atom. The third kappa shape index (κ3) is 3.06. The number of hydrogen-bond donors (Lipinski definition) is 0. The lowest BCUT2D eigenvalue weighted by Gasteiger charge is -2.34. The molecule has 1 saturated carbocycles. The molecule has 1 saturated heterocycles. The minimum absolute atomic E-state index is 0.0705. The predicted octanol–water partition coefficient (Wildman–Crippen LogP) is 3.63. The van der Waals surface area contributed by atoms with E-state index in [-0.39, 0.29) is 11.4 Å². The standard InChI is InChI=1S/C18H29N3O/c1-12-8-13(2)11-20(10-12)17(22)15-9-16(14-6-7-14)21(19-15)18(3,4)5/h9,12-14H,6-8,10-11H2,1-5H3/t12-,13-/m1/s1. The normalized spacial score (nSPS) is 26.3. The van der Waals surface area contributed by atoms with Gasteiger partial charge in [0, 0.05) is 24.7 Å². The zero-order valence-corrected chi connectivity index (χ0v) is 14.6. The van der Waals surface area contributed by atoms with Crippen LogP contribution in [0, 0.1) is 11.8 Å². The van der Waals surface area contributed by atoms with Crippen LogP contribution < -0.4 is 0 Å². The van der Waals surface area contributed by atoms with E-state index in [4.69, 9.17) is 5.10 Å². The van der Waals surface area contributed by atoms with Gasteiger partial charge in [0.2, 0.25) is 0 Å². The summed E-state index contributed by atoms with van der Waals surface area (Å²) in [6.07, 6.45) is 3.67. The van der Waals surface area contributed by atoms with E-state index in [1.165, 1.54) is 25.0 Å². The molecule has 4 nitrogen and oxygen atoms in total. The van der Waals surface area contributed by atoms with Crippen molar-refractivity contribution >= 4 is 5.91 Å². The first-order valence-electron chi connectivity index (χ1n) is 8.65. The van der Waals surface area contributed by atoms with Crippen LogP contribution in [0.3, 0.4) is 0 Å². The third-order valence-electron chi connectivity index (χ3n) is 4.74. The smallest absolute Gasteiger partial charge is 0.274 e. The first-order chi connectivity index (χ1) is 10.3. The van der Waals surface area contributed by atoms with E-state index in [2.05, 4.69) is 45.4 Å². The summed E-state index contributed by atoms with van der Waals surface area (Å²) in [6, 6.07) is 2.05. The van der Waals surface area contributed by atoms with E-state index >= 15 is 0 Å². The molecule has 0 N–H and O–H groups in total. The second-order valence-corrected chi connectivity index (χ2v) is 8.47. The maximum atomic E-state index is 12.9. The Morgan fingerprint density at radius 3 is 2.27 bits per heavy atom. The highest BCUT2D eigenvalue weighted by Gasteiger charge is 2.34. The zero-order valence-electron chi connectivity index (χ0n) is 14.6. The fourth-order valence-corrected chi connectivity index (χ4v) is 3.70. The molecule has 0 spiro atoms. The Labute approximate surface area is 133 Å².